The molecule has 2 unspecified atom stereocenters. The average molecular weight is 387 g/mol. The summed E-state index contributed by atoms with van der Waals surface area (Å²) in [7, 11) is 1.64. The summed E-state index contributed by atoms with van der Waals surface area (Å²) in [6.07, 6.45) is 2.08. The Morgan fingerprint density at radius 3 is 2.68 bits per heavy atom. The molecule has 1 aliphatic heterocycles. The Bertz CT molecular complexity index is 790. The summed E-state index contributed by atoms with van der Waals surface area (Å²) < 4.78 is 10.5. The standard InChI is InChI=1S/C20H29N5O3/c1-14-5-4-10-24(18(14)13-21)20(26)19-15(2)22-25(23-19)16-6-8-17(9-7-16)28-12-11-27-3/h6-9,14,18H,4-5,10-13,21H2,1-3H3. The molecule has 2 heterocycles. The molecule has 2 atom stereocenters. The van der Waals surface area contributed by atoms with Crippen LogP contribution in [0.25, 0.3) is 5.69 Å². The molecule has 2 N–H and O–H groups in total. The van der Waals surface area contributed by atoms with Crippen molar-refractivity contribution in [2.24, 2.45) is 11.7 Å². The Balaban J connectivity index is 1.76. The number of rotatable bonds is 7. The Hall–Kier alpha value is -2.45. The maximum absolute atomic E-state index is 13.1. The van der Waals surface area contributed by atoms with Gasteiger partial charge in [0.1, 0.15) is 12.4 Å². The first-order valence-corrected chi connectivity index (χ1v) is 9.72. The van der Waals surface area contributed by atoms with E-state index in [1.165, 1.54) is 4.80 Å². The van der Waals surface area contributed by atoms with Crippen molar-refractivity contribution in [1.29, 1.82) is 0 Å². The van der Waals surface area contributed by atoms with Crippen LogP contribution in [-0.2, 0) is 4.74 Å². The monoisotopic (exact) mass is 387 g/mol. The fourth-order valence-electron chi connectivity index (χ4n) is 3.61. The van der Waals surface area contributed by atoms with E-state index in [0.29, 0.717) is 43.6 Å². The number of carbonyl (C=O) groups excluding carboxylic acids is 1. The second kappa shape index (κ2) is 9.16. The number of aromatic nitrogens is 3. The molecule has 1 fully saturated rings. The van der Waals surface area contributed by atoms with Gasteiger partial charge in [0, 0.05) is 26.2 Å². The summed E-state index contributed by atoms with van der Waals surface area (Å²) in [5, 5.41) is 8.90. The van der Waals surface area contributed by atoms with Crippen LogP contribution < -0.4 is 10.5 Å². The highest BCUT2D eigenvalue weighted by Crippen LogP contribution is 2.25. The number of piperidine rings is 1. The third-order valence-corrected chi connectivity index (χ3v) is 5.23. The van der Waals surface area contributed by atoms with Gasteiger partial charge in [-0.05, 0) is 49.9 Å². The third kappa shape index (κ3) is 4.34. The largest absolute Gasteiger partial charge is 0.491 e. The van der Waals surface area contributed by atoms with Gasteiger partial charge in [0.05, 0.1) is 18.0 Å². The molecule has 0 bridgehead atoms. The zero-order valence-corrected chi connectivity index (χ0v) is 16.8. The molecule has 0 aliphatic carbocycles. The normalized spacial score (nSPS) is 19.6. The Morgan fingerprint density at radius 1 is 1.25 bits per heavy atom. The third-order valence-electron chi connectivity index (χ3n) is 5.23. The molecule has 8 heteroatoms. The predicted octanol–water partition coefficient (Wildman–Crippen LogP) is 1.80. The number of methoxy groups -OCH3 is 1. The van der Waals surface area contributed by atoms with Gasteiger partial charge in [0.25, 0.3) is 5.91 Å². The van der Waals surface area contributed by atoms with E-state index in [1.807, 2.05) is 36.1 Å². The lowest BCUT2D eigenvalue weighted by molar-refractivity contribution is 0.0525. The van der Waals surface area contributed by atoms with E-state index in [9.17, 15) is 4.79 Å². The smallest absolute Gasteiger partial charge is 0.276 e. The van der Waals surface area contributed by atoms with Crippen molar-refractivity contribution in [2.45, 2.75) is 32.7 Å². The van der Waals surface area contributed by atoms with Crippen molar-refractivity contribution < 1.29 is 14.3 Å². The molecule has 1 aromatic carbocycles. The van der Waals surface area contributed by atoms with Gasteiger partial charge in [0.15, 0.2) is 5.69 Å². The van der Waals surface area contributed by atoms with Crippen molar-refractivity contribution in [2.75, 3.05) is 33.4 Å². The number of hydrogen-bond acceptors (Lipinski definition) is 6. The fraction of sp³-hybridized carbons (Fsp3) is 0.550. The fourth-order valence-corrected chi connectivity index (χ4v) is 3.61. The molecule has 28 heavy (non-hydrogen) atoms. The van der Waals surface area contributed by atoms with E-state index < -0.39 is 0 Å². The summed E-state index contributed by atoms with van der Waals surface area (Å²) >= 11 is 0. The van der Waals surface area contributed by atoms with Crippen LogP contribution in [0.15, 0.2) is 24.3 Å². The van der Waals surface area contributed by atoms with Crippen LogP contribution in [-0.4, -0.2) is 65.3 Å². The van der Waals surface area contributed by atoms with Crippen LogP contribution in [0, 0.1) is 12.8 Å². The van der Waals surface area contributed by atoms with Gasteiger partial charge in [-0.15, -0.1) is 5.10 Å². The van der Waals surface area contributed by atoms with Crippen LogP contribution in [0.2, 0.25) is 0 Å². The minimum absolute atomic E-state index is 0.0503. The van der Waals surface area contributed by atoms with Gasteiger partial charge >= 0.3 is 0 Å². The lowest BCUT2D eigenvalue weighted by Crippen LogP contribution is -2.51. The molecule has 0 radical (unpaired) electrons. The Morgan fingerprint density at radius 2 is 2.00 bits per heavy atom. The molecule has 1 aliphatic rings. The second-order valence-electron chi connectivity index (χ2n) is 7.18. The summed E-state index contributed by atoms with van der Waals surface area (Å²) in [6, 6.07) is 7.47. The van der Waals surface area contributed by atoms with Gasteiger partial charge in [-0.1, -0.05) is 6.92 Å². The lowest BCUT2D eigenvalue weighted by atomic mass is 9.90. The molecule has 1 amide bonds. The molecular weight excluding hydrogens is 358 g/mol. The van der Waals surface area contributed by atoms with Gasteiger partial charge in [-0.3, -0.25) is 4.79 Å². The second-order valence-corrected chi connectivity index (χ2v) is 7.18. The molecule has 2 aromatic rings. The highest BCUT2D eigenvalue weighted by Gasteiger charge is 2.33. The Labute approximate surface area is 165 Å². The quantitative estimate of drug-likeness (QED) is 0.728. The van der Waals surface area contributed by atoms with Gasteiger partial charge in [-0.25, -0.2) is 0 Å². The zero-order valence-electron chi connectivity index (χ0n) is 16.8. The zero-order chi connectivity index (χ0) is 20.1. The van der Waals surface area contributed by atoms with E-state index in [0.717, 1.165) is 24.3 Å². The maximum atomic E-state index is 13.1. The highest BCUT2D eigenvalue weighted by molar-refractivity contribution is 5.93. The van der Waals surface area contributed by atoms with Crippen molar-refractivity contribution >= 4 is 5.91 Å². The maximum Gasteiger partial charge on any atom is 0.276 e. The number of amides is 1. The van der Waals surface area contributed by atoms with Crippen LogP contribution in [0.4, 0.5) is 0 Å². The SMILES string of the molecule is COCCOc1ccc(-n2nc(C)c(C(=O)N3CCCC(C)C3CN)n2)cc1. The number of ether oxygens (including phenoxy) is 2. The summed E-state index contributed by atoms with van der Waals surface area (Å²) in [5.74, 6) is 1.04. The Kier molecular flexibility index (Phi) is 6.64. The number of likely N-dealkylation sites (tertiary alicyclic amines) is 1. The first-order chi connectivity index (χ1) is 13.5. The molecule has 0 saturated carbocycles. The number of aryl methyl sites for hydroxylation is 1. The van der Waals surface area contributed by atoms with Crippen LogP contribution >= 0.6 is 0 Å². The number of hydrogen-bond donors (Lipinski definition) is 1. The minimum Gasteiger partial charge on any atom is -0.491 e. The molecule has 0 spiro atoms. The van der Waals surface area contributed by atoms with Crippen molar-refractivity contribution in [3.05, 3.63) is 35.7 Å². The van der Waals surface area contributed by atoms with Crippen LogP contribution in [0.3, 0.4) is 0 Å². The van der Waals surface area contributed by atoms with Crippen molar-refractivity contribution in [3.8, 4) is 11.4 Å². The highest BCUT2D eigenvalue weighted by atomic mass is 16.5. The van der Waals surface area contributed by atoms with Crippen molar-refractivity contribution in [1.82, 2.24) is 19.9 Å². The number of carbonyl (C=O) groups is 1. The van der Waals surface area contributed by atoms with E-state index >= 15 is 0 Å². The first-order valence-electron chi connectivity index (χ1n) is 9.72. The van der Waals surface area contributed by atoms with E-state index in [2.05, 4.69) is 17.1 Å². The van der Waals surface area contributed by atoms with Gasteiger partial charge in [0.2, 0.25) is 0 Å². The van der Waals surface area contributed by atoms with Gasteiger partial charge < -0.3 is 20.1 Å². The van der Waals surface area contributed by atoms with E-state index in [-0.39, 0.29) is 11.9 Å². The predicted molar refractivity (Wildman–Crippen MR) is 106 cm³/mol. The van der Waals surface area contributed by atoms with Gasteiger partial charge in [-0.2, -0.15) is 9.90 Å². The molecule has 1 saturated heterocycles. The van der Waals surface area contributed by atoms with Crippen LogP contribution in [0.5, 0.6) is 5.75 Å². The molecule has 152 valence electrons. The molecule has 1 aromatic heterocycles. The number of benzene rings is 1. The first kappa shape index (κ1) is 20.3. The lowest BCUT2D eigenvalue weighted by Gasteiger charge is -2.39. The van der Waals surface area contributed by atoms with E-state index in [4.69, 9.17) is 15.2 Å². The topological polar surface area (TPSA) is 95.5 Å². The summed E-state index contributed by atoms with van der Waals surface area (Å²) in [6.45, 7) is 6.16. The van der Waals surface area contributed by atoms with Crippen LogP contribution in [0.1, 0.15) is 35.9 Å². The molecular formula is C20H29N5O3. The molecule has 8 nitrogen and oxygen atoms in total. The molecule has 3 rings (SSSR count). The number of nitrogens with two attached hydrogens (primary N) is 1. The average Bonchev–Trinajstić information content (AvgIpc) is 3.09. The number of nitrogens with zero attached hydrogens (tertiary/aromatic N) is 4. The summed E-state index contributed by atoms with van der Waals surface area (Å²) in [5.41, 5.74) is 7.70. The van der Waals surface area contributed by atoms with Crippen molar-refractivity contribution in [3.63, 3.8) is 0 Å². The van der Waals surface area contributed by atoms with E-state index in [1.54, 1.807) is 7.11 Å². The summed E-state index contributed by atoms with van der Waals surface area (Å²) in [4.78, 5) is 16.5. The minimum atomic E-state index is -0.0923.